The summed E-state index contributed by atoms with van der Waals surface area (Å²) in [7, 11) is 0. The number of nitrogens with zero attached hydrogens (tertiary/aromatic N) is 2. The first-order valence-corrected chi connectivity index (χ1v) is 10.2. The molecule has 0 bridgehead atoms. The molecule has 144 valence electrons. The molecule has 1 aliphatic rings. The molecule has 29 heavy (non-hydrogen) atoms. The quantitative estimate of drug-likeness (QED) is 0.477. The summed E-state index contributed by atoms with van der Waals surface area (Å²) >= 11 is 1.36. The summed E-state index contributed by atoms with van der Waals surface area (Å²) in [5.41, 5.74) is 4.64. The Bertz CT molecular complexity index is 1320. The third-order valence-corrected chi connectivity index (χ3v) is 6.28. The van der Waals surface area contributed by atoms with Gasteiger partial charge in [0, 0.05) is 11.6 Å². The van der Waals surface area contributed by atoms with Crippen molar-refractivity contribution in [1.29, 1.82) is 0 Å². The molecule has 0 spiro atoms. The van der Waals surface area contributed by atoms with Crippen molar-refractivity contribution in [3.8, 4) is 0 Å². The molecule has 0 radical (unpaired) electrons. The predicted molar refractivity (Wildman–Crippen MR) is 114 cm³/mol. The van der Waals surface area contributed by atoms with Gasteiger partial charge in [-0.25, -0.2) is 4.98 Å². The summed E-state index contributed by atoms with van der Waals surface area (Å²) < 4.78 is 6.02. The van der Waals surface area contributed by atoms with Crippen LogP contribution in [0.15, 0.2) is 57.2 Å². The maximum Gasteiger partial charge on any atom is 0.297 e. The molecular weight excluding hydrogens is 384 g/mol. The van der Waals surface area contributed by atoms with Crippen molar-refractivity contribution in [3.63, 3.8) is 0 Å². The Kier molecular flexibility index (Phi) is 3.93. The average Bonchev–Trinajstić information content (AvgIpc) is 3.31. The van der Waals surface area contributed by atoms with E-state index in [1.807, 2.05) is 62.5 Å². The van der Waals surface area contributed by atoms with Gasteiger partial charge in [0.25, 0.3) is 5.91 Å². The second-order valence-electron chi connectivity index (χ2n) is 7.41. The minimum absolute atomic E-state index is 0.103. The molecular formula is C23H18N2O3S. The largest absolute Gasteiger partial charge is 0.450 e. The summed E-state index contributed by atoms with van der Waals surface area (Å²) in [5, 5.41) is 2.86. The molecule has 2 aromatic carbocycles. The van der Waals surface area contributed by atoms with Crippen molar-refractivity contribution in [1.82, 2.24) is 4.98 Å². The lowest BCUT2D eigenvalue weighted by atomic mass is 9.97. The fourth-order valence-corrected chi connectivity index (χ4v) is 4.49. The van der Waals surface area contributed by atoms with Crippen LogP contribution in [0.25, 0.3) is 11.0 Å². The van der Waals surface area contributed by atoms with Crippen LogP contribution < -0.4 is 10.3 Å². The normalized spacial score (nSPS) is 15.9. The Hall–Kier alpha value is -3.25. The van der Waals surface area contributed by atoms with Gasteiger partial charge >= 0.3 is 0 Å². The van der Waals surface area contributed by atoms with Crippen LogP contribution in [0.4, 0.5) is 5.13 Å². The van der Waals surface area contributed by atoms with E-state index in [1.165, 1.54) is 11.3 Å². The monoisotopic (exact) mass is 402 g/mol. The van der Waals surface area contributed by atoms with Crippen molar-refractivity contribution in [2.45, 2.75) is 26.8 Å². The van der Waals surface area contributed by atoms with Gasteiger partial charge < -0.3 is 4.42 Å². The first kappa shape index (κ1) is 17.8. The van der Waals surface area contributed by atoms with Crippen molar-refractivity contribution in [2.24, 2.45) is 0 Å². The highest BCUT2D eigenvalue weighted by Crippen LogP contribution is 2.41. The summed E-state index contributed by atoms with van der Waals surface area (Å²) in [6.07, 6.45) is 1.65. The first-order valence-electron chi connectivity index (χ1n) is 9.33. The Morgan fingerprint density at radius 1 is 1.03 bits per heavy atom. The van der Waals surface area contributed by atoms with Crippen LogP contribution in [0.2, 0.25) is 0 Å². The standard InChI is InChI=1S/C23H18N2O3S/c1-12-4-6-15(7-5-12)19-18-20(26)16-10-13(2)14(3)11-17(16)28-21(18)22(27)25(19)23-24-8-9-29-23/h4-11,19H,1-3H3. The fraction of sp³-hybridized carbons (Fsp3) is 0.174. The lowest BCUT2D eigenvalue weighted by Crippen LogP contribution is -2.29. The zero-order valence-electron chi connectivity index (χ0n) is 16.2. The van der Waals surface area contributed by atoms with Gasteiger partial charge in [-0.05, 0) is 49.6 Å². The number of aromatic nitrogens is 1. The smallest absolute Gasteiger partial charge is 0.297 e. The third-order valence-electron chi connectivity index (χ3n) is 5.50. The average molecular weight is 402 g/mol. The SMILES string of the molecule is Cc1ccc(C2c3c(oc4cc(C)c(C)cc4c3=O)C(=O)N2c2nccs2)cc1. The van der Waals surface area contributed by atoms with E-state index in [9.17, 15) is 9.59 Å². The number of aryl methyl sites for hydroxylation is 3. The minimum atomic E-state index is -0.563. The van der Waals surface area contributed by atoms with E-state index in [2.05, 4.69) is 4.98 Å². The van der Waals surface area contributed by atoms with Gasteiger partial charge in [-0.1, -0.05) is 29.8 Å². The van der Waals surface area contributed by atoms with E-state index in [0.29, 0.717) is 21.7 Å². The predicted octanol–water partition coefficient (Wildman–Crippen LogP) is 4.92. The van der Waals surface area contributed by atoms with Crippen LogP contribution in [-0.2, 0) is 0 Å². The summed E-state index contributed by atoms with van der Waals surface area (Å²) in [4.78, 5) is 32.8. The van der Waals surface area contributed by atoms with Gasteiger partial charge in [-0.15, -0.1) is 11.3 Å². The van der Waals surface area contributed by atoms with Crippen LogP contribution >= 0.6 is 11.3 Å². The van der Waals surface area contributed by atoms with Gasteiger partial charge in [0.1, 0.15) is 5.58 Å². The number of amides is 1. The molecule has 5 rings (SSSR count). The van der Waals surface area contributed by atoms with Gasteiger partial charge in [-0.3, -0.25) is 14.5 Å². The lowest BCUT2D eigenvalue weighted by Gasteiger charge is -2.22. The second-order valence-corrected chi connectivity index (χ2v) is 8.28. The van der Waals surface area contributed by atoms with Crippen LogP contribution in [0.5, 0.6) is 0 Å². The van der Waals surface area contributed by atoms with Crippen molar-refractivity contribution >= 4 is 33.3 Å². The van der Waals surface area contributed by atoms with Gasteiger partial charge in [0.05, 0.1) is 17.0 Å². The number of benzene rings is 2. The molecule has 0 saturated carbocycles. The number of anilines is 1. The minimum Gasteiger partial charge on any atom is -0.450 e. The molecule has 1 aliphatic heterocycles. The highest BCUT2D eigenvalue weighted by Gasteiger charge is 2.44. The number of carbonyl (C=O) groups excluding carboxylic acids is 1. The molecule has 1 amide bonds. The number of thiazole rings is 1. The maximum atomic E-state index is 13.5. The fourth-order valence-electron chi connectivity index (χ4n) is 3.82. The van der Waals surface area contributed by atoms with E-state index < -0.39 is 6.04 Å². The second kappa shape index (κ2) is 6.39. The van der Waals surface area contributed by atoms with E-state index in [0.717, 1.165) is 22.3 Å². The third kappa shape index (κ3) is 2.63. The van der Waals surface area contributed by atoms with Crippen LogP contribution in [-0.4, -0.2) is 10.9 Å². The topological polar surface area (TPSA) is 63.4 Å². The van der Waals surface area contributed by atoms with Crippen molar-refractivity contribution in [3.05, 3.63) is 91.8 Å². The maximum absolute atomic E-state index is 13.5. The number of hydrogen-bond donors (Lipinski definition) is 0. The van der Waals surface area contributed by atoms with Gasteiger partial charge in [0.15, 0.2) is 10.6 Å². The van der Waals surface area contributed by atoms with Gasteiger partial charge in [0.2, 0.25) is 5.76 Å². The number of rotatable bonds is 2. The molecule has 0 aliphatic carbocycles. The van der Waals surface area contributed by atoms with E-state index >= 15 is 0 Å². The first-order chi connectivity index (χ1) is 14.0. The molecule has 4 aromatic rings. The number of fused-ring (bicyclic) bond motifs is 2. The number of carbonyl (C=O) groups is 1. The molecule has 2 aromatic heterocycles. The summed E-state index contributed by atoms with van der Waals surface area (Å²) in [5.74, 6) is -0.232. The van der Waals surface area contributed by atoms with Gasteiger partial charge in [-0.2, -0.15) is 0 Å². The van der Waals surface area contributed by atoms with E-state index in [4.69, 9.17) is 4.42 Å². The van der Waals surface area contributed by atoms with Crippen molar-refractivity contribution in [2.75, 3.05) is 4.90 Å². The van der Waals surface area contributed by atoms with Crippen molar-refractivity contribution < 1.29 is 9.21 Å². The molecule has 1 atom stereocenters. The zero-order valence-corrected chi connectivity index (χ0v) is 17.0. The van der Waals surface area contributed by atoms with E-state index in [1.54, 1.807) is 11.1 Å². The highest BCUT2D eigenvalue weighted by atomic mass is 32.1. The Balaban J connectivity index is 1.84. The molecule has 0 saturated heterocycles. The van der Waals surface area contributed by atoms with E-state index in [-0.39, 0.29) is 17.1 Å². The molecule has 1 unspecified atom stereocenters. The lowest BCUT2D eigenvalue weighted by molar-refractivity contribution is 0.0971. The van der Waals surface area contributed by atoms with Crippen LogP contribution in [0.3, 0.4) is 0 Å². The molecule has 0 fully saturated rings. The van der Waals surface area contributed by atoms with Crippen LogP contribution in [0.1, 0.15) is 44.4 Å². The zero-order chi connectivity index (χ0) is 20.3. The molecule has 0 N–H and O–H groups in total. The number of hydrogen-bond acceptors (Lipinski definition) is 5. The highest BCUT2D eigenvalue weighted by molar-refractivity contribution is 7.13. The van der Waals surface area contributed by atoms with Crippen LogP contribution in [0, 0.1) is 20.8 Å². The molecule has 5 nitrogen and oxygen atoms in total. The summed E-state index contributed by atoms with van der Waals surface area (Å²) in [6, 6.07) is 11.0. The molecule has 3 heterocycles. The Labute approximate surface area is 171 Å². The Morgan fingerprint density at radius 3 is 2.45 bits per heavy atom. The summed E-state index contributed by atoms with van der Waals surface area (Å²) in [6.45, 7) is 5.93. The Morgan fingerprint density at radius 2 is 1.76 bits per heavy atom. The molecule has 6 heteroatoms.